The summed E-state index contributed by atoms with van der Waals surface area (Å²) in [7, 11) is 0. The molecule has 0 spiro atoms. The number of benzene rings is 2. The average molecular weight is 725 g/mol. The Morgan fingerprint density at radius 1 is 0.745 bits per heavy atom. The second-order valence-corrected chi connectivity index (χ2v) is 10.2. The quantitative estimate of drug-likeness (QED) is 0.102. The number of nitrogens with zero attached hydrogens (tertiary/aromatic N) is 8. The SMILES string of the molecule is O=Cc1c(O)cccc1O.[2H]C([2H])([2H])C(n1nccc1-c1ncncc1CCl)C([2H])([2H])[2H].[2H]C([2H])([2H])C(n1nccc1-c1ncncc1COc1cccc(O)c1C=O)C([2H])([2H])[2H]. The Labute approximate surface area is 315 Å². The summed E-state index contributed by atoms with van der Waals surface area (Å²) < 4.78 is 98.9. The van der Waals surface area contributed by atoms with E-state index in [1.807, 2.05) is 0 Å². The maximum Gasteiger partial charge on any atom is 0.157 e. The number of aromatic nitrogens is 8. The van der Waals surface area contributed by atoms with E-state index in [0.717, 1.165) is 9.36 Å². The number of hydrogen-bond donors (Lipinski definition) is 3. The number of phenols is 3. The van der Waals surface area contributed by atoms with Gasteiger partial charge in [0.05, 0.1) is 39.8 Å². The number of alkyl halides is 1. The highest BCUT2D eigenvalue weighted by atomic mass is 35.5. The van der Waals surface area contributed by atoms with Gasteiger partial charge in [-0.25, -0.2) is 19.9 Å². The minimum absolute atomic E-state index is 0.0317. The molecule has 0 fully saturated rings. The van der Waals surface area contributed by atoms with Gasteiger partial charge in [-0.2, -0.15) is 10.2 Å². The molecule has 0 amide bonds. The molecule has 0 aliphatic carbocycles. The fourth-order valence-corrected chi connectivity index (χ4v) is 4.59. The number of carbonyl (C=O) groups excluding carboxylic acids is 2. The number of ether oxygens (including phenoxy) is 1. The second kappa shape index (κ2) is 18.0. The van der Waals surface area contributed by atoms with E-state index in [0.29, 0.717) is 29.4 Å². The fourth-order valence-electron chi connectivity index (χ4n) is 4.39. The Bertz CT molecular complexity index is 2450. The van der Waals surface area contributed by atoms with Gasteiger partial charge in [-0.1, -0.05) is 12.1 Å². The van der Waals surface area contributed by atoms with Crippen molar-refractivity contribution in [2.24, 2.45) is 0 Å². The molecule has 4 heterocycles. The minimum Gasteiger partial charge on any atom is -0.507 e. The lowest BCUT2D eigenvalue weighted by atomic mass is 10.1. The Morgan fingerprint density at radius 3 is 1.73 bits per heavy atom. The summed E-state index contributed by atoms with van der Waals surface area (Å²) in [6, 6.07) is 7.76. The molecule has 3 N–H and O–H groups in total. The van der Waals surface area contributed by atoms with Gasteiger partial charge in [0.15, 0.2) is 12.6 Å². The van der Waals surface area contributed by atoms with E-state index in [4.69, 9.17) is 43.0 Å². The number of rotatable bonds is 10. The largest absolute Gasteiger partial charge is 0.507 e. The van der Waals surface area contributed by atoms with Gasteiger partial charge in [0.25, 0.3) is 0 Å². The molecule has 6 aromatic rings. The van der Waals surface area contributed by atoms with Crippen LogP contribution in [0.25, 0.3) is 22.8 Å². The summed E-state index contributed by atoms with van der Waals surface area (Å²) in [5.41, 5.74) is 1.86. The third-order valence-electron chi connectivity index (χ3n) is 6.76. The lowest BCUT2D eigenvalue weighted by Gasteiger charge is -2.14. The van der Waals surface area contributed by atoms with Crippen LogP contribution in [0.5, 0.6) is 23.0 Å². The number of aldehydes is 2. The van der Waals surface area contributed by atoms with Crippen LogP contribution in [-0.4, -0.2) is 67.4 Å². The Hall–Kier alpha value is -6.15. The molecule has 0 radical (unpaired) electrons. The predicted molar refractivity (Wildman–Crippen MR) is 190 cm³/mol. The molecule has 51 heavy (non-hydrogen) atoms. The standard InChI is InChI=1S/C18H18N4O3.C11H13ClN4.C7H6O3/c1-12(2)22-15(6-7-21-22)18-13(8-19-11-20-18)10-25-17-5-3-4-16(24)14(17)9-23;1-8(2)16-10(3-4-15-16)11-9(5-12)6-13-7-14-11;8-4-5-6(9)2-1-3-7(5)10/h3-9,11-12,24H,10H2,1-2H3;3-4,6-8H,5H2,1-2H3;1-4,9-10H/i2*1D3,2D3;. The lowest BCUT2D eigenvalue weighted by Crippen LogP contribution is -2.08. The molecular weight excluding hydrogens is 676 g/mol. The monoisotopic (exact) mass is 724 g/mol. The van der Waals surface area contributed by atoms with E-state index in [-0.39, 0.29) is 63.7 Å². The summed E-state index contributed by atoms with van der Waals surface area (Å²) in [5, 5.41) is 35.4. The van der Waals surface area contributed by atoms with E-state index in [2.05, 4.69) is 30.1 Å². The van der Waals surface area contributed by atoms with Crippen molar-refractivity contribution >= 4 is 24.2 Å². The average Bonchev–Trinajstić information content (AvgIpc) is 3.85. The van der Waals surface area contributed by atoms with Crippen LogP contribution in [0.4, 0.5) is 0 Å². The number of phenolic OH excluding ortho intramolecular Hbond substituents is 3. The number of carbonyl (C=O) groups is 2. The van der Waals surface area contributed by atoms with E-state index in [1.165, 1.54) is 86.0 Å². The summed E-state index contributed by atoms with van der Waals surface area (Å²) in [6.07, 6.45) is 8.90. The van der Waals surface area contributed by atoms with Gasteiger partial charge in [0.1, 0.15) is 42.3 Å². The van der Waals surface area contributed by atoms with Gasteiger partial charge < -0.3 is 20.1 Å². The zero-order valence-electron chi connectivity index (χ0n) is 38.3. The van der Waals surface area contributed by atoms with Crippen molar-refractivity contribution in [2.45, 2.75) is 52.0 Å². The first-order valence-corrected chi connectivity index (χ1v) is 15.1. The Morgan fingerprint density at radius 2 is 1.24 bits per heavy atom. The van der Waals surface area contributed by atoms with Crippen molar-refractivity contribution in [3.05, 3.63) is 108 Å². The van der Waals surface area contributed by atoms with Crippen LogP contribution in [0.3, 0.4) is 0 Å². The molecular formula is C36H37ClN8O6. The van der Waals surface area contributed by atoms with Crippen LogP contribution in [0.2, 0.25) is 0 Å². The van der Waals surface area contributed by atoms with Crippen molar-refractivity contribution in [3.8, 4) is 45.8 Å². The van der Waals surface area contributed by atoms with Crippen LogP contribution >= 0.6 is 11.6 Å². The van der Waals surface area contributed by atoms with Crippen molar-refractivity contribution in [3.63, 3.8) is 0 Å². The number of hydrogen-bond acceptors (Lipinski definition) is 12. The highest BCUT2D eigenvalue weighted by Gasteiger charge is 2.16. The third kappa shape index (κ3) is 9.30. The molecule has 4 aromatic heterocycles. The summed E-state index contributed by atoms with van der Waals surface area (Å²) in [5.74, 6) is -0.410. The molecule has 6 rings (SSSR count). The maximum atomic E-state index is 11.2. The van der Waals surface area contributed by atoms with Gasteiger partial charge in [0, 0.05) is 64.4 Å². The highest BCUT2D eigenvalue weighted by molar-refractivity contribution is 6.17. The minimum atomic E-state index is -2.85. The summed E-state index contributed by atoms with van der Waals surface area (Å²) >= 11 is 5.83. The van der Waals surface area contributed by atoms with Gasteiger partial charge in [-0.3, -0.25) is 19.0 Å². The van der Waals surface area contributed by atoms with Gasteiger partial charge in [-0.05, 0) is 63.8 Å². The highest BCUT2D eigenvalue weighted by Crippen LogP contribution is 2.29. The molecule has 0 atom stereocenters. The van der Waals surface area contributed by atoms with Crippen molar-refractivity contribution in [1.29, 1.82) is 0 Å². The Kier molecular flexibility index (Phi) is 8.50. The second-order valence-electron chi connectivity index (χ2n) is 9.98. The molecule has 264 valence electrons. The normalized spacial score (nSPS) is 15.0. The van der Waals surface area contributed by atoms with Crippen LogP contribution in [0, 0.1) is 0 Å². The first-order valence-electron chi connectivity index (χ1n) is 20.5. The van der Waals surface area contributed by atoms with Gasteiger partial charge in [-0.15, -0.1) is 11.6 Å². The van der Waals surface area contributed by atoms with Crippen molar-refractivity contribution < 1.29 is 46.1 Å². The van der Waals surface area contributed by atoms with Crippen molar-refractivity contribution in [2.75, 3.05) is 0 Å². The maximum absolute atomic E-state index is 11.2. The molecule has 0 bridgehead atoms. The summed E-state index contributed by atoms with van der Waals surface area (Å²) in [6.45, 7) is -11.3. The smallest absolute Gasteiger partial charge is 0.157 e. The summed E-state index contributed by atoms with van der Waals surface area (Å²) in [4.78, 5) is 37.4. The zero-order chi connectivity index (χ0) is 46.9. The van der Waals surface area contributed by atoms with E-state index in [1.54, 1.807) is 0 Å². The van der Waals surface area contributed by atoms with E-state index in [9.17, 15) is 14.7 Å². The first-order chi connectivity index (χ1) is 29.4. The van der Waals surface area contributed by atoms with Gasteiger partial charge in [0.2, 0.25) is 0 Å². The number of aromatic hydroxyl groups is 3. The topological polar surface area (TPSA) is 191 Å². The Balaban J connectivity index is 0.000000235. The molecule has 0 unspecified atom stereocenters. The van der Waals surface area contributed by atoms with E-state index >= 15 is 0 Å². The first kappa shape index (κ1) is 24.1. The third-order valence-corrected chi connectivity index (χ3v) is 7.05. The number of halogens is 1. The molecule has 15 heteroatoms. The molecule has 14 nitrogen and oxygen atoms in total. The van der Waals surface area contributed by atoms with E-state index < -0.39 is 39.5 Å². The van der Waals surface area contributed by atoms with Gasteiger partial charge >= 0.3 is 0 Å². The van der Waals surface area contributed by atoms with Crippen molar-refractivity contribution in [1.82, 2.24) is 39.5 Å². The zero-order valence-corrected chi connectivity index (χ0v) is 27.1. The molecule has 0 saturated carbocycles. The molecule has 0 aliphatic rings. The van der Waals surface area contributed by atoms with Crippen LogP contribution in [-0.2, 0) is 12.5 Å². The lowest BCUT2D eigenvalue weighted by molar-refractivity contribution is 0.110. The fraction of sp³-hybridized carbons (Fsp3) is 0.222. The van der Waals surface area contributed by atoms with Crippen LogP contribution in [0.15, 0.2) is 86.0 Å². The predicted octanol–water partition coefficient (Wildman–Crippen LogP) is 6.59. The van der Waals surface area contributed by atoms with Crippen LogP contribution < -0.4 is 4.74 Å². The molecule has 0 saturated heterocycles. The molecule has 0 aliphatic heterocycles. The molecule has 2 aromatic carbocycles. The van der Waals surface area contributed by atoms with Crippen LogP contribution in [0.1, 0.15) is 87.8 Å².